The third-order valence-electron chi connectivity index (χ3n) is 10.2. The van der Waals surface area contributed by atoms with Crippen molar-refractivity contribution in [1.82, 2.24) is 15.6 Å². The van der Waals surface area contributed by atoms with Crippen molar-refractivity contribution in [3.8, 4) is 16.9 Å². The summed E-state index contributed by atoms with van der Waals surface area (Å²) in [5, 5.41) is 46.7. The molecule has 1 unspecified atom stereocenters. The van der Waals surface area contributed by atoms with Gasteiger partial charge < -0.3 is 40.5 Å². The summed E-state index contributed by atoms with van der Waals surface area (Å²) in [7, 11) is 0. The smallest absolute Gasteiger partial charge is 0.252 e. The standard InChI is InChI=1S/C36H42ClN3O7/c37-27-9-6-22(35(12-13-35)11-3-16-39-33(44)32-30(42)29(41)31(43)34(45)47-32)18-21(27)19-40-36(14-15-36)26-20-38-17-10-24(26)25-4-1-2-5-28(25)46-23-7-8-23/h1-2,4-6,9-10,17-18,20,23,29-32,34,40-43,45H,3,7-8,11-16,19H2,(H,39,44)/t29-,30-,31+,32-,34?/m0/s1. The molecule has 0 bridgehead atoms. The van der Waals surface area contributed by atoms with E-state index < -0.39 is 36.6 Å². The molecule has 7 rings (SSSR count). The first-order valence-corrected chi connectivity index (χ1v) is 17.0. The van der Waals surface area contributed by atoms with Crippen LogP contribution in [-0.4, -0.2) is 74.7 Å². The van der Waals surface area contributed by atoms with Crippen molar-refractivity contribution in [2.75, 3.05) is 6.54 Å². The lowest BCUT2D eigenvalue weighted by Gasteiger charge is -2.37. The van der Waals surface area contributed by atoms with E-state index in [0.717, 1.165) is 72.4 Å². The van der Waals surface area contributed by atoms with Crippen LogP contribution in [0, 0.1) is 0 Å². The molecule has 1 saturated heterocycles. The number of nitrogens with zero attached hydrogens (tertiary/aromatic N) is 1. The third-order valence-corrected chi connectivity index (χ3v) is 10.6. The Morgan fingerprint density at radius 1 is 0.979 bits per heavy atom. The molecular formula is C36H42ClN3O7. The number of carbonyl (C=O) groups is 1. The molecule has 1 aliphatic heterocycles. The van der Waals surface area contributed by atoms with Crippen LogP contribution in [0.3, 0.4) is 0 Å². The number of carbonyl (C=O) groups excluding carboxylic acids is 1. The van der Waals surface area contributed by atoms with Crippen molar-refractivity contribution in [2.24, 2.45) is 0 Å². The number of hydrogen-bond donors (Lipinski definition) is 6. The Hall–Kier alpha value is -3.09. The molecule has 5 atom stereocenters. The lowest BCUT2D eigenvalue weighted by Crippen LogP contribution is -2.61. The number of hydrogen-bond acceptors (Lipinski definition) is 9. The Morgan fingerprint density at radius 3 is 2.51 bits per heavy atom. The van der Waals surface area contributed by atoms with Crippen LogP contribution in [0.25, 0.3) is 11.1 Å². The summed E-state index contributed by atoms with van der Waals surface area (Å²) in [5.74, 6) is 0.276. The van der Waals surface area contributed by atoms with Gasteiger partial charge in [-0.1, -0.05) is 41.9 Å². The van der Waals surface area contributed by atoms with Crippen LogP contribution in [0.5, 0.6) is 5.75 Å². The first-order chi connectivity index (χ1) is 22.7. The normalized spacial score (nSPS) is 27.2. The molecule has 1 amide bonds. The molecule has 3 aromatic rings. The highest BCUT2D eigenvalue weighted by molar-refractivity contribution is 6.31. The van der Waals surface area contributed by atoms with Gasteiger partial charge in [0, 0.05) is 41.6 Å². The van der Waals surface area contributed by atoms with Crippen LogP contribution >= 0.6 is 11.6 Å². The predicted octanol–water partition coefficient (Wildman–Crippen LogP) is 3.45. The zero-order valence-corrected chi connectivity index (χ0v) is 26.9. The summed E-state index contributed by atoms with van der Waals surface area (Å²) in [4.78, 5) is 17.1. The second kappa shape index (κ2) is 13.1. The molecule has 2 heterocycles. The second-order valence-corrected chi connectivity index (χ2v) is 14.0. The molecule has 10 nitrogen and oxygen atoms in total. The van der Waals surface area contributed by atoms with E-state index in [4.69, 9.17) is 21.1 Å². The maximum atomic E-state index is 12.6. The summed E-state index contributed by atoms with van der Waals surface area (Å²) >= 11 is 6.74. The molecule has 1 aromatic heterocycles. The first-order valence-electron chi connectivity index (χ1n) is 16.6. The van der Waals surface area contributed by atoms with Gasteiger partial charge in [0.2, 0.25) is 0 Å². The molecule has 0 spiro atoms. The zero-order valence-electron chi connectivity index (χ0n) is 26.1. The highest BCUT2D eigenvalue weighted by atomic mass is 35.5. The zero-order chi connectivity index (χ0) is 32.8. The Labute approximate surface area is 279 Å². The van der Waals surface area contributed by atoms with Crippen molar-refractivity contribution in [2.45, 2.75) is 106 Å². The van der Waals surface area contributed by atoms with Crippen molar-refractivity contribution in [3.63, 3.8) is 0 Å². The second-order valence-electron chi connectivity index (χ2n) is 13.6. The number of nitrogens with one attached hydrogen (secondary N) is 2. The highest BCUT2D eigenvalue weighted by Gasteiger charge is 2.48. The van der Waals surface area contributed by atoms with Gasteiger partial charge in [0.15, 0.2) is 12.4 Å². The molecule has 2 aromatic carbocycles. The number of rotatable bonds is 13. The number of benzene rings is 2. The molecule has 250 valence electrons. The minimum absolute atomic E-state index is 0.0144. The number of amides is 1. The topological polar surface area (TPSA) is 153 Å². The van der Waals surface area contributed by atoms with Gasteiger partial charge in [0.1, 0.15) is 24.1 Å². The molecule has 3 saturated carbocycles. The number of ether oxygens (including phenoxy) is 2. The maximum Gasteiger partial charge on any atom is 0.252 e. The van der Waals surface area contributed by atoms with Crippen LogP contribution in [0.4, 0.5) is 0 Å². The van der Waals surface area contributed by atoms with E-state index in [-0.39, 0.29) is 11.0 Å². The van der Waals surface area contributed by atoms with E-state index in [1.807, 2.05) is 24.5 Å². The van der Waals surface area contributed by atoms with E-state index in [1.165, 1.54) is 11.1 Å². The molecule has 11 heteroatoms. The maximum absolute atomic E-state index is 12.6. The van der Waals surface area contributed by atoms with Crippen molar-refractivity contribution in [3.05, 3.63) is 82.6 Å². The van der Waals surface area contributed by atoms with Gasteiger partial charge in [0.25, 0.3) is 5.91 Å². The van der Waals surface area contributed by atoms with Gasteiger partial charge in [0.05, 0.1) is 6.10 Å². The minimum Gasteiger partial charge on any atom is -0.490 e. The Kier molecular flexibility index (Phi) is 9.03. The summed E-state index contributed by atoms with van der Waals surface area (Å²) in [6.07, 6.45) is 3.77. The van der Waals surface area contributed by atoms with Gasteiger partial charge in [-0.3, -0.25) is 9.78 Å². The average molecular weight is 664 g/mol. The van der Waals surface area contributed by atoms with Crippen molar-refractivity contribution < 1.29 is 34.7 Å². The van der Waals surface area contributed by atoms with E-state index in [1.54, 1.807) is 0 Å². The fourth-order valence-corrected chi connectivity index (χ4v) is 6.97. The largest absolute Gasteiger partial charge is 0.490 e. The quantitative estimate of drug-likeness (QED) is 0.151. The monoisotopic (exact) mass is 663 g/mol. The predicted molar refractivity (Wildman–Crippen MR) is 175 cm³/mol. The van der Waals surface area contributed by atoms with Crippen LogP contribution in [0.1, 0.15) is 68.1 Å². The third kappa shape index (κ3) is 6.78. The summed E-state index contributed by atoms with van der Waals surface area (Å²) in [6, 6.07) is 16.6. The fraction of sp³-hybridized carbons (Fsp3) is 0.500. The van der Waals surface area contributed by atoms with Gasteiger partial charge in [-0.15, -0.1) is 0 Å². The molecule has 4 aliphatic rings. The molecule has 47 heavy (non-hydrogen) atoms. The highest BCUT2D eigenvalue weighted by Crippen LogP contribution is 2.53. The van der Waals surface area contributed by atoms with E-state index in [0.29, 0.717) is 25.6 Å². The summed E-state index contributed by atoms with van der Waals surface area (Å²) in [5.41, 5.74) is 5.50. The Balaban J connectivity index is 0.984. The van der Waals surface area contributed by atoms with Crippen LogP contribution in [-0.2, 0) is 27.0 Å². The minimum atomic E-state index is -1.75. The number of pyridine rings is 1. The molecule has 4 fully saturated rings. The van der Waals surface area contributed by atoms with Crippen molar-refractivity contribution >= 4 is 17.5 Å². The molecular weight excluding hydrogens is 622 g/mol. The van der Waals surface area contributed by atoms with Crippen LogP contribution in [0.2, 0.25) is 5.02 Å². The summed E-state index contributed by atoms with van der Waals surface area (Å²) in [6.45, 7) is 0.957. The van der Waals surface area contributed by atoms with E-state index in [2.05, 4.69) is 52.0 Å². The van der Waals surface area contributed by atoms with Crippen LogP contribution < -0.4 is 15.4 Å². The lowest BCUT2D eigenvalue weighted by molar-refractivity contribution is -0.275. The van der Waals surface area contributed by atoms with Crippen LogP contribution in [0.15, 0.2) is 60.9 Å². The number of aromatic nitrogens is 1. The Bertz CT molecular complexity index is 1610. The lowest BCUT2D eigenvalue weighted by atomic mass is 9.89. The van der Waals surface area contributed by atoms with Crippen molar-refractivity contribution in [1.29, 1.82) is 0 Å². The number of halogens is 1. The van der Waals surface area contributed by atoms with Gasteiger partial charge in [-0.2, -0.15) is 0 Å². The SMILES string of the molecule is O=C(NCCCC1(c2ccc(Cl)c(CNC3(c4cnccc4-c4ccccc4OC4CC4)CC3)c2)CC1)[C@H]1OC(O)[C@H](O)[C@@H](O)[C@@H]1O. The summed E-state index contributed by atoms with van der Waals surface area (Å²) < 4.78 is 11.3. The van der Waals surface area contributed by atoms with Gasteiger partial charge in [-0.25, -0.2) is 0 Å². The Morgan fingerprint density at radius 2 is 1.77 bits per heavy atom. The molecule has 6 N–H and O–H groups in total. The van der Waals surface area contributed by atoms with Gasteiger partial charge >= 0.3 is 0 Å². The number of aliphatic hydroxyl groups is 4. The number of aliphatic hydroxyl groups excluding tert-OH is 4. The molecule has 0 radical (unpaired) electrons. The molecule has 3 aliphatic carbocycles. The van der Waals surface area contributed by atoms with Gasteiger partial charge in [-0.05, 0) is 97.2 Å². The first kappa shape index (κ1) is 32.5. The fourth-order valence-electron chi connectivity index (χ4n) is 6.79. The number of para-hydroxylation sites is 1. The average Bonchev–Trinajstić information content (AvgIpc) is 3.95. The van der Waals surface area contributed by atoms with E-state index >= 15 is 0 Å². The van der Waals surface area contributed by atoms with E-state index in [9.17, 15) is 25.2 Å².